The summed E-state index contributed by atoms with van der Waals surface area (Å²) in [5.74, 6) is 1.57. The van der Waals surface area contributed by atoms with Gasteiger partial charge in [-0.2, -0.15) is 0 Å². The molecule has 0 aromatic rings. The molecule has 6 nitrogen and oxygen atoms in total. The molecule has 0 aliphatic carbocycles. The van der Waals surface area contributed by atoms with E-state index in [9.17, 15) is 4.79 Å². The molecule has 2 heterocycles. The third kappa shape index (κ3) is 7.75. The maximum atomic E-state index is 11.3. The molecule has 0 bridgehead atoms. The topological polar surface area (TPSA) is 80.0 Å². The van der Waals surface area contributed by atoms with E-state index in [1.54, 1.807) is 0 Å². The number of amides is 1. The highest BCUT2D eigenvalue weighted by molar-refractivity contribution is 14.0. The highest BCUT2D eigenvalue weighted by Crippen LogP contribution is 2.34. The number of carbonyl (C=O) groups is 1. The van der Waals surface area contributed by atoms with Gasteiger partial charge in [0.1, 0.15) is 0 Å². The third-order valence-electron chi connectivity index (χ3n) is 5.42. The van der Waals surface area contributed by atoms with Crippen LogP contribution in [-0.4, -0.2) is 55.7 Å². The second-order valence-corrected chi connectivity index (χ2v) is 8.88. The molecule has 2 saturated heterocycles. The molecule has 0 aromatic carbocycles. The zero-order valence-corrected chi connectivity index (χ0v) is 19.8. The number of guanidine groups is 1. The Hall–Kier alpha value is -0.570. The number of nitrogens with zero attached hydrogens (tertiary/aromatic N) is 2. The van der Waals surface area contributed by atoms with Crippen LogP contribution in [0.1, 0.15) is 59.8 Å². The Morgan fingerprint density at radius 3 is 2.67 bits per heavy atom. The third-order valence-corrected chi connectivity index (χ3v) is 5.42. The van der Waals surface area contributed by atoms with E-state index >= 15 is 0 Å². The van der Waals surface area contributed by atoms with Crippen LogP contribution >= 0.6 is 24.0 Å². The lowest BCUT2D eigenvalue weighted by atomic mass is 9.78. The number of nitrogens with one attached hydrogen (secondary N) is 1. The van der Waals surface area contributed by atoms with Crippen molar-refractivity contribution in [3.8, 4) is 0 Å². The quantitative estimate of drug-likeness (QED) is 0.350. The summed E-state index contributed by atoms with van der Waals surface area (Å²) in [4.78, 5) is 18.6. The molecule has 0 spiro atoms. The Bertz CT molecular complexity index is 493. The zero-order chi connectivity index (χ0) is 19.2. The molecule has 1 amide bonds. The molecule has 0 saturated carbocycles. The molecule has 27 heavy (non-hydrogen) atoms. The smallest absolute Gasteiger partial charge is 0.217 e. The van der Waals surface area contributed by atoms with Crippen LogP contribution in [-0.2, 0) is 9.53 Å². The first-order valence-electron chi connectivity index (χ1n) is 10.2. The number of nitrogens with two attached hydrogens (primary N) is 1. The minimum absolute atomic E-state index is 0. The number of hydrogen-bond donors (Lipinski definition) is 2. The van der Waals surface area contributed by atoms with E-state index < -0.39 is 0 Å². The van der Waals surface area contributed by atoms with Gasteiger partial charge in [0.25, 0.3) is 0 Å². The largest absolute Gasteiger partial charge is 0.377 e. The lowest BCUT2D eigenvalue weighted by Gasteiger charge is -2.40. The standard InChI is InChI=1S/C20H38N4O2.HI/c1-5-22-19(24-10-6-8-15(14-24)12-17(21)25)23-13-16-9-7-11-26-18(16)20(2,3)4;/h15-16,18H,5-14H2,1-4H3,(H2,21,25)(H,22,23);1H. The SMILES string of the molecule is CCNC(=NCC1CCCOC1C(C)(C)C)N1CCCC(CC(N)=O)C1.I. The van der Waals surface area contributed by atoms with Gasteiger partial charge in [0.2, 0.25) is 5.91 Å². The Kier molecular flexibility index (Phi) is 10.4. The van der Waals surface area contributed by atoms with Crippen molar-refractivity contribution in [1.29, 1.82) is 0 Å². The number of piperidine rings is 1. The van der Waals surface area contributed by atoms with Crippen LogP contribution in [0.3, 0.4) is 0 Å². The summed E-state index contributed by atoms with van der Waals surface area (Å²) in [5.41, 5.74) is 5.53. The number of hydrogen-bond acceptors (Lipinski definition) is 3. The van der Waals surface area contributed by atoms with Gasteiger partial charge in [0.05, 0.1) is 6.10 Å². The van der Waals surface area contributed by atoms with Crippen LogP contribution in [0, 0.1) is 17.3 Å². The normalized spacial score (nSPS) is 27.0. The number of ether oxygens (including phenoxy) is 1. The average Bonchev–Trinajstić information content (AvgIpc) is 2.57. The molecule has 0 aromatic heterocycles. The van der Waals surface area contributed by atoms with Crippen molar-refractivity contribution in [2.75, 3.05) is 32.8 Å². The molecule has 0 radical (unpaired) electrons. The molecule has 7 heteroatoms. The lowest BCUT2D eigenvalue weighted by Crippen LogP contribution is -2.48. The van der Waals surface area contributed by atoms with E-state index in [1.807, 2.05) is 0 Å². The van der Waals surface area contributed by atoms with Crippen molar-refractivity contribution in [3.63, 3.8) is 0 Å². The second kappa shape index (κ2) is 11.4. The first kappa shape index (κ1) is 24.5. The van der Waals surface area contributed by atoms with E-state index in [0.717, 1.165) is 58.0 Å². The molecule has 3 unspecified atom stereocenters. The van der Waals surface area contributed by atoms with Crippen LogP contribution < -0.4 is 11.1 Å². The minimum Gasteiger partial charge on any atom is -0.377 e. The van der Waals surface area contributed by atoms with Gasteiger partial charge in [-0.1, -0.05) is 20.8 Å². The first-order valence-corrected chi connectivity index (χ1v) is 10.2. The molecule has 2 rings (SSSR count). The number of halogens is 1. The summed E-state index contributed by atoms with van der Waals surface area (Å²) in [6.07, 6.45) is 5.18. The molecule has 2 aliphatic rings. The summed E-state index contributed by atoms with van der Waals surface area (Å²) < 4.78 is 6.10. The average molecular weight is 494 g/mol. The molecule has 2 aliphatic heterocycles. The van der Waals surface area contributed by atoms with Gasteiger partial charge in [-0.05, 0) is 43.9 Å². The molecule has 2 fully saturated rings. The predicted octanol–water partition coefficient (Wildman–Crippen LogP) is 3.00. The van der Waals surface area contributed by atoms with Crippen LogP contribution in [0.4, 0.5) is 0 Å². The van der Waals surface area contributed by atoms with E-state index in [0.29, 0.717) is 18.3 Å². The number of primary amides is 1. The molecular weight excluding hydrogens is 455 g/mol. The number of rotatable bonds is 5. The van der Waals surface area contributed by atoms with Gasteiger partial charge < -0.3 is 20.7 Å². The van der Waals surface area contributed by atoms with Crippen molar-refractivity contribution in [1.82, 2.24) is 10.2 Å². The van der Waals surface area contributed by atoms with Crippen LogP contribution in [0.25, 0.3) is 0 Å². The van der Waals surface area contributed by atoms with Gasteiger partial charge in [0.15, 0.2) is 5.96 Å². The van der Waals surface area contributed by atoms with Crippen LogP contribution in [0.5, 0.6) is 0 Å². The maximum Gasteiger partial charge on any atom is 0.217 e. The van der Waals surface area contributed by atoms with E-state index in [4.69, 9.17) is 15.5 Å². The Balaban J connectivity index is 0.00000364. The van der Waals surface area contributed by atoms with Crippen molar-refractivity contribution in [2.45, 2.75) is 65.9 Å². The summed E-state index contributed by atoms with van der Waals surface area (Å²) in [6, 6.07) is 0. The van der Waals surface area contributed by atoms with E-state index in [1.165, 1.54) is 6.42 Å². The number of aliphatic imine (C=N–C) groups is 1. The summed E-state index contributed by atoms with van der Waals surface area (Å²) in [6.45, 7) is 13.2. The second-order valence-electron chi connectivity index (χ2n) is 8.88. The molecule has 3 N–H and O–H groups in total. The highest BCUT2D eigenvalue weighted by Gasteiger charge is 2.35. The monoisotopic (exact) mass is 494 g/mol. The van der Waals surface area contributed by atoms with Crippen molar-refractivity contribution in [3.05, 3.63) is 0 Å². The van der Waals surface area contributed by atoms with Crippen molar-refractivity contribution in [2.24, 2.45) is 28.0 Å². The number of likely N-dealkylation sites (tertiary alicyclic amines) is 1. The lowest BCUT2D eigenvalue weighted by molar-refractivity contribution is -0.119. The minimum atomic E-state index is -0.203. The molecule has 3 atom stereocenters. The fourth-order valence-corrected chi connectivity index (χ4v) is 4.33. The Morgan fingerprint density at radius 2 is 2.04 bits per heavy atom. The summed E-state index contributed by atoms with van der Waals surface area (Å²) in [7, 11) is 0. The summed E-state index contributed by atoms with van der Waals surface area (Å²) in [5, 5.41) is 3.44. The van der Waals surface area contributed by atoms with Gasteiger partial charge in [-0.3, -0.25) is 9.79 Å². The maximum absolute atomic E-state index is 11.3. The zero-order valence-electron chi connectivity index (χ0n) is 17.5. The highest BCUT2D eigenvalue weighted by atomic mass is 127. The van der Waals surface area contributed by atoms with E-state index in [-0.39, 0.29) is 41.4 Å². The fourth-order valence-electron chi connectivity index (χ4n) is 4.33. The summed E-state index contributed by atoms with van der Waals surface area (Å²) >= 11 is 0. The predicted molar refractivity (Wildman–Crippen MR) is 121 cm³/mol. The Morgan fingerprint density at radius 1 is 1.30 bits per heavy atom. The molecular formula is C20H39IN4O2. The Labute approximate surface area is 182 Å². The van der Waals surface area contributed by atoms with Crippen LogP contribution in [0.15, 0.2) is 4.99 Å². The van der Waals surface area contributed by atoms with Crippen molar-refractivity contribution >= 4 is 35.8 Å². The van der Waals surface area contributed by atoms with Crippen molar-refractivity contribution < 1.29 is 9.53 Å². The fraction of sp³-hybridized carbons (Fsp3) is 0.900. The van der Waals surface area contributed by atoms with Gasteiger partial charge >= 0.3 is 0 Å². The molecule has 158 valence electrons. The van der Waals surface area contributed by atoms with Gasteiger partial charge in [-0.25, -0.2) is 0 Å². The van der Waals surface area contributed by atoms with E-state index in [2.05, 4.69) is 37.9 Å². The van der Waals surface area contributed by atoms with Gasteiger partial charge in [-0.15, -0.1) is 24.0 Å². The van der Waals surface area contributed by atoms with Crippen LogP contribution in [0.2, 0.25) is 0 Å². The van der Waals surface area contributed by atoms with Gasteiger partial charge in [0, 0.05) is 45.1 Å². The number of carbonyl (C=O) groups excluding carboxylic acids is 1. The first-order chi connectivity index (χ1) is 12.3.